The Morgan fingerprint density at radius 2 is 1.18 bits per heavy atom. The largest absolute Gasteiger partial charge is 0.0683 e. The van der Waals surface area contributed by atoms with Crippen LogP contribution in [0.2, 0.25) is 0 Å². The predicted octanol–water partition coefficient (Wildman–Crippen LogP) is 7.27. The number of hydrogen-bond acceptors (Lipinski definition) is 0. The SMILES string of the molecule is CC.CC1CCCCC1.Cc1ccc(-c2ccccc2)cc1. The first-order valence-corrected chi connectivity index (χ1v) is 8.88. The van der Waals surface area contributed by atoms with Crippen molar-refractivity contribution in [1.82, 2.24) is 0 Å². The Morgan fingerprint density at radius 3 is 1.64 bits per heavy atom. The van der Waals surface area contributed by atoms with Crippen molar-refractivity contribution in [3.8, 4) is 11.1 Å². The monoisotopic (exact) mass is 296 g/mol. The third-order valence-electron chi connectivity index (χ3n) is 4.05. The fraction of sp³-hybridized carbons (Fsp3) is 0.455. The Kier molecular flexibility index (Phi) is 9.30. The van der Waals surface area contributed by atoms with E-state index in [4.69, 9.17) is 0 Å². The van der Waals surface area contributed by atoms with Gasteiger partial charge in [0.2, 0.25) is 0 Å². The summed E-state index contributed by atoms with van der Waals surface area (Å²) in [7, 11) is 0. The van der Waals surface area contributed by atoms with E-state index in [0.29, 0.717) is 0 Å². The van der Waals surface area contributed by atoms with Gasteiger partial charge < -0.3 is 0 Å². The van der Waals surface area contributed by atoms with Gasteiger partial charge in [-0.3, -0.25) is 0 Å². The molecule has 1 aliphatic carbocycles. The summed E-state index contributed by atoms with van der Waals surface area (Å²) in [6.45, 7) is 8.47. The maximum absolute atomic E-state index is 2.36. The average molecular weight is 296 g/mol. The molecule has 0 aliphatic heterocycles. The average Bonchev–Trinajstić information content (AvgIpc) is 2.59. The summed E-state index contributed by atoms with van der Waals surface area (Å²) >= 11 is 0. The molecule has 0 spiro atoms. The minimum atomic E-state index is 1.04. The molecule has 2 aromatic rings. The zero-order chi connectivity index (χ0) is 16.2. The van der Waals surface area contributed by atoms with Crippen LogP contribution in [0.25, 0.3) is 11.1 Å². The summed E-state index contributed by atoms with van der Waals surface area (Å²) in [5, 5.41) is 0. The molecule has 0 unspecified atom stereocenters. The fourth-order valence-electron chi connectivity index (χ4n) is 2.68. The van der Waals surface area contributed by atoms with E-state index in [0.717, 1.165) is 5.92 Å². The maximum atomic E-state index is 2.36. The van der Waals surface area contributed by atoms with E-state index in [1.54, 1.807) is 0 Å². The van der Waals surface area contributed by atoms with Crippen molar-refractivity contribution in [3.63, 3.8) is 0 Å². The minimum Gasteiger partial charge on any atom is -0.0683 e. The third-order valence-corrected chi connectivity index (χ3v) is 4.05. The van der Waals surface area contributed by atoms with Gasteiger partial charge in [-0.2, -0.15) is 0 Å². The van der Waals surface area contributed by atoms with Crippen LogP contribution in [0.4, 0.5) is 0 Å². The second-order valence-corrected chi connectivity index (χ2v) is 5.98. The van der Waals surface area contributed by atoms with E-state index < -0.39 is 0 Å². The van der Waals surface area contributed by atoms with E-state index in [1.165, 1.54) is 48.8 Å². The minimum absolute atomic E-state index is 1.04. The third kappa shape index (κ3) is 6.93. The molecule has 1 aliphatic rings. The summed E-state index contributed by atoms with van der Waals surface area (Å²) in [6, 6.07) is 19.0. The van der Waals surface area contributed by atoms with Gasteiger partial charge in [0.15, 0.2) is 0 Å². The second-order valence-electron chi connectivity index (χ2n) is 5.98. The zero-order valence-corrected chi connectivity index (χ0v) is 14.8. The van der Waals surface area contributed by atoms with Crippen molar-refractivity contribution in [2.75, 3.05) is 0 Å². The molecule has 1 saturated carbocycles. The van der Waals surface area contributed by atoms with E-state index in [1.807, 2.05) is 19.9 Å². The lowest BCUT2D eigenvalue weighted by Gasteiger charge is -2.15. The molecule has 0 atom stereocenters. The van der Waals surface area contributed by atoms with Gasteiger partial charge in [-0.05, 0) is 24.0 Å². The van der Waals surface area contributed by atoms with Gasteiger partial charge in [-0.25, -0.2) is 0 Å². The number of rotatable bonds is 1. The molecule has 0 bridgehead atoms. The lowest BCUT2D eigenvalue weighted by Crippen LogP contribution is -1.99. The molecule has 0 amide bonds. The van der Waals surface area contributed by atoms with Crippen molar-refractivity contribution < 1.29 is 0 Å². The van der Waals surface area contributed by atoms with Gasteiger partial charge in [0, 0.05) is 0 Å². The van der Waals surface area contributed by atoms with Gasteiger partial charge in [0.05, 0.1) is 0 Å². The van der Waals surface area contributed by atoms with Crippen molar-refractivity contribution >= 4 is 0 Å². The van der Waals surface area contributed by atoms with Gasteiger partial charge in [0.25, 0.3) is 0 Å². The standard InChI is InChI=1S/C13H12.C7H14.C2H6/c1-11-7-9-13(10-8-11)12-5-3-2-4-6-12;1-7-5-3-2-4-6-7;1-2/h2-10H,1H3;7H,2-6H2,1H3;1-2H3. The normalized spacial score (nSPS) is 14.2. The number of aryl methyl sites for hydroxylation is 1. The molecule has 0 saturated heterocycles. The molecule has 0 heteroatoms. The van der Waals surface area contributed by atoms with Crippen LogP contribution in [-0.2, 0) is 0 Å². The lowest BCUT2D eigenvalue weighted by atomic mass is 9.91. The molecule has 0 N–H and O–H groups in total. The molecule has 120 valence electrons. The van der Waals surface area contributed by atoms with Crippen molar-refractivity contribution in [2.45, 2.75) is 59.8 Å². The van der Waals surface area contributed by atoms with Crippen LogP contribution < -0.4 is 0 Å². The molecule has 22 heavy (non-hydrogen) atoms. The predicted molar refractivity (Wildman–Crippen MR) is 100 cm³/mol. The summed E-state index contributed by atoms with van der Waals surface area (Å²) < 4.78 is 0. The first-order valence-electron chi connectivity index (χ1n) is 8.88. The highest BCUT2D eigenvalue weighted by Gasteiger charge is 2.05. The Hall–Kier alpha value is -1.56. The van der Waals surface area contributed by atoms with Crippen LogP contribution in [-0.4, -0.2) is 0 Å². The molecular weight excluding hydrogens is 264 g/mol. The Labute approximate surface area is 137 Å². The first-order chi connectivity index (χ1) is 10.8. The Bertz CT molecular complexity index is 475. The van der Waals surface area contributed by atoms with Crippen LogP contribution in [0.15, 0.2) is 54.6 Å². The molecular formula is C22H32. The van der Waals surface area contributed by atoms with E-state index in [-0.39, 0.29) is 0 Å². The Morgan fingerprint density at radius 1 is 0.682 bits per heavy atom. The highest BCUT2D eigenvalue weighted by molar-refractivity contribution is 5.63. The highest BCUT2D eigenvalue weighted by Crippen LogP contribution is 2.22. The molecule has 1 fully saturated rings. The topological polar surface area (TPSA) is 0 Å². The second kappa shape index (κ2) is 11.1. The van der Waals surface area contributed by atoms with Crippen molar-refractivity contribution in [2.24, 2.45) is 5.92 Å². The van der Waals surface area contributed by atoms with Crippen molar-refractivity contribution in [1.29, 1.82) is 0 Å². The molecule has 0 radical (unpaired) electrons. The lowest BCUT2D eigenvalue weighted by molar-refractivity contribution is 0.385. The molecule has 2 aromatic carbocycles. The smallest absolute Gasteiger partial charge is 0.0184 e. The summed E-state index contributed by atoms with van der Waals surface area (Å²) in [5.74, 6) is 1.04. The van der Waals surface area contributed by atoms with E-state index in [2.05, 4.69) is 62.4 Å². The molecule has 0 nitrogen and oxygen atoms in total. The first kappa shape index (κ1) is 18.5. The highest BCUT2D eigenvalue weighted by atomic mass is 14.1. The quantitative estimate of drug-likeness (QED) is 0.519. The fourth-order valence-corrected chi connectivity index (χ4v) is 2.68. The van der Waals surface area contributed by atoms with Crippen LogP contribution in [0.5, 0.6) is 0 Å². The maximum Gasteiger partial charge on any atom is -0.0184 e. The number of benzene rings is 2. The summed E-state index contributed by atoms with van der Waals surface area (Å²) in [5.41, 5.74) is 3.87. The van der Waals surface area contributed by atoms with Crippen LogP contribution in [0.1, 0.15) is 58.4 Å². The van der Waals surface area contributed by atoms with Crippen LogP contribution in [0.3, 0.4) is 0 Å². The Balaban J connectivity index is 0.000000228. The van der Waals surface area contributed by atoms with Gasteiger partial charge in [-0.15, -0.1) is 0 Å². The van der Waals surface area contributed by atoms with Crippen molar-refractivity contribution in [3.05, 3.63) is 60.2 Å². The molecule has 3 rings (SSSR count). The zero-order valence-electron chi connectivity index (χ0n) is 14.8. The summed E-state index contributed by atoms with van der Waals surface area (Å²) in [4.78, 5) is 0. The van der Waals surface area contributed by atoms with E-state index >= 15 is 0 Å². The summed E-state index contributed by atoms with van der Waals surface area (Å²) in [6.07, 6.45) is 7.44. The van der Waals surface area contributed by atoms with Gasteiger partial charge in [-0.1, -0.05) is 113 Å². The van der Waals surface area contributed by atoms with E-state index in [9.17, 15) is 0 Å². The molecule has 0 aromatic heterocycles. The van der Waals surface area contributed by atoms with Gasteiger partial charge in [0.1, 0.15) is 0 Å². The molecule has 0 heterocycles. The van der Waals surface area contributed by atoms with Crippen LogP contribution >= 0.6 is 0 Å². The van der Waals surface area contributed by atoms with Gasteiger partial charge >= 0.3 is 0 Å². The van der Waals surface area contributed by atoms with Crippen LogP contribution in [0, 0.1) is 12.8 Å². The number of hydrogen-bond donors (Lipinski definition) is 0.